The summed E-state index contributed by atoms with van der Waals surface area (Å²) in [5, 5.41) is 3.49. The molecule has 0 heterocycles. The molecule has 0 unspecified atom stereocenters. The van der Waals surface area contributed by atoms with Crippen LogP contribution in [-0.4, -0.2) is 13.0 Å². The number of carbonyl (C=O) groups excluding carboxylic acids is 1. The fourth-order valence-electron chi connectivity index (χ4n) is 1.88. The monoisotopic (exact) mass is 367 g/mol. The van der Waals surface area contributed by atoms with E-state index in [1.54, 1.807) is 31.4 Å². The zero-order valence-corrected chi connectivity index (χ0v) is 13.9. The molecule has 5 heteroatoms. The first kappa shape index (κ1) is 15.9. The third-order valence-corrected chi connectivity index (χ3v) is 3.86. The van der Waals surface area contributed by atoms with Gasteiger partial charge in [-0.05, 0) is 64.3 Å². The van der Waals surface area contributed by atoms with Gasteiger partial charge in [-0.25, -0.2) is 0 Å². The molecule has 2 rings (SSSR count). The number of aryl methyl sites for hydroxylation is 1. The van der Waals surface area contributed by atoms with Crippen molar-refractivity contribution in [2.45, 2.75) is 12.8 Å². The lowest BCUT2D eigenvalue weighted by molar-refractivity contribution is -0.116. The summed E-state index contributed by atoms with van der Waals surface area (Å²) in [5.74, 6) is 0.758. The van der Waals surface area contributed by atoms with Crippen molar-refractivity contribution >= 4 is 39.1 Å². The summed E-state index contributed by atoms with van der Waals surface area (Å²) in [7, 11) is 1.62. The van der Waals surface area contributed by atoms with Gasteiger partial charge in [0.1, 0.15) is 5.75 Å². The van der Waals surface area contributed by atoms with Crippen molar-refractivity contribution in [1.82, 2.24) is 0 Å². The topological polar surface area (TPSA) is 38.3 Å². The molecule has 21 heavy (non-hydrogen) atoms. The van der Waals surface area contributed by atoms with E-state index in [-0.39, 0.29) is 5.91 Å². The van der Waals surface area contributed by atoms with E-state index in [0.29, 0.717) is 17.9 Å². The fraction of sp³-hybridized carbons (Fsp3) is 0.188. The van der Waals surface area contributed by atoms with E-state index in [9.17, 15) is 4.79 Å². The molecule has 0 aromatic heterocycles. The number of nitrogens with one attached hydrogen (secondary N) is 1. The van der Waals surface area contributed by atoms with Crippen LogP contribution >= 0.6 is 27.5 Å². The molecule has 0 aliphatic rings. The molecule has 1 amide bonds. The van der Waals surface area contributed by atoms with Gasteiger partial charge in [-0.15, -0.1) is 0 Å². The molecule has 0 spiro atoms. The molecular weight excluding hydrogens is 354 g/mol. The third-order valence-electron chi connectivity index (χ3n) is 2.98. The quantitative estimate of drug-likeness (QED) is 0.832. The number of amides is 1. The predicted molar refractivity (Wildman–Crippen MR) is 89.1 cm³/mol. The second kappa shape index (κ2) is 7.48. The summed E-state index contributed by atoms with van der Waals surface area (Å²) in [6.45, 7) is 0. The van der Waals surface area contributed by atoms with Gasteiger partial charge in [-0.3, -0.25) is 4.79 Å². The zero-order valence-electron chi connectivity index (χ0n) is 11.5. The maximum Gasteiger partial charge on any atom is 0.224 e. The number of rotatable bonds is 5. The van der Waals surface area contributed by atoms with Crippen molar-refractivity contribution in [3.63, 3.8) is 0 Å². The summed E-state index contributed by atoms with van der Waals surface area (Å²) in [4.78, 5) is 11.9. The smallest absolute Gasteiger partial charge is 0.224 e. The Bertz CT molecular complexity index is 629. The lowest BCUT2D eigenvalue weighted by Crippen LogP contribution is -2.12. The van der Waals surface area contributed by atoms with E-state index in [2.05, 4.69) is 21.2 Å². The highest BCUT2D eigenvalue weighted by Crippen LogP contribution is 2.26. The Morgan fingerprint density at radius 3 is 2.57 bits per heavy atom. The molecule has 0 fully saturated rings. The number of benzene rings is 2. The average molecular weight is 369 g/mol. The van der Waals surface area contributed by atoms with Gasteiger partial charge in [0, 0.05) is 17.1 Å². The molecule has 0 saturated heterocycles. The van der Waals surface area contributed by atoms with E-state index in [4.69, 9.17) is 16.3 Å². The SMILES string of the molecule is COc1ccc(CCC(=O)Nc2ccc(Cl)cc2)cc1Br. The number of halogens is 2. The number of carbonyl (C=O) groups is 1. The molecule has 3 nitrogen and oxygen atoms in total. The Balaban J connectivity index is 1.89. The molecule has 0 atom stereocenters. The van der Waals surface area contributed by atoms with Crippen molar-refractivity contribution in [1.29, 1.82) is 0 Å². The molecule has 2 aromatic carbocycles. The van der Waals surface area contributed by atoms with E-state index in [1.807, 2.05) is 18.2 Å². The minimum atomic E-state index is -0.0238. The van der Waals surface area contributed by atoms with Crippen molar-refractivity contribution in [2.75, 3.05) is 12.4 Å². The second-order valence-corrected chi connectivity index (χ2v) is 5.81. The van der Waals surface area contributed by atoms with Gasteiger partial charge in [0.25, 0.3) is 0 Å². The van der Waals surface area contributed by atoms with Crippen LogP contribution in [0.5, 0.6) is 5.75 Å². The van der Waals surface area contributed by atoms with Crippen LogP contribution < -0.4 is 10.1 Å². The molecule has 0 bridgehead atoms. The van der Waals surface area contributed by atoms with E-state index in [1.165, 1.54) is 0 Å². The van der Waals surface area contributed by atoms with Crippen LogP contribution in [0.2, 0.25) is 5.02 Å². The standard InChI is InChI=1S/C16H15BrClNO2/c1-21-15-8-2-11(10-14(15)17)3-9-16(20)19-13-6-4-12(18)5-7-13/h2,4-8,10H,3,9H2,1H3,(H,19,20). The summed E-state index contributed by atoms with van der Waals surface area (Å²) >= 11 is 9.24. The van der Waals surface area contributed by atoms with Gasteiger partial charge in [-0.1, -0.05) is 17.7 Å². The van der Waals surface area contributed by atoms with Gasteiger partial charge in [0.05, 0.1) is 11.6 Å². The fourth-order valence-corrected chi connectivity index (χ4v) is 2.59. The largest absolute Gasteiger partial charge is 0.496 e. The lowest BCUT2D eigenvalue weighted by atomic mass is 10.1. The summed E-state index contributed by atoms with van der Waals surface area (Å²) in [6.07, 6.45) is 1.09. The van der Waals surface area contributed by atoms with Gasteiger partial charge in [0.15, 0.2) is 0 Å². The minimum Gasteiger partial charge on any atom is -0.496 e. The average Bonchev–Trinajstić information content (AvgIpc) is 2.48. The number of hydrogen-bond acceptors (Lipinski definition) is 2. The normalized spacial score (nSPS) is 10.2. The number of hydrogen-bond donors (Lipinski definition) is 1. The van der Waals surface area contributed by atoms with Crippen LogP contribution in [0.1, 0.15) is 12.0 Å². The van der Waals surface area contributed by atoms with E-state index < -0.39 is 0 Å². The Morgan fingerprint density at radius 2 is 1.95 bits per heavy atom. The maximum absolute atomic E-state index is 11.9. The van der Waals surface area contributed by atoms with Gasteiger partial charge < -0.3 is 10.1 Å². The van der Waals surface area contributed by atoms with Gasteiger partial charge in [-0.2, -0.15) is 0 Å². The van der Waals surface area contributed by atoms with Gasteiger partial charge in [0.2, 0.25) is 5.91 Å². The number of anilines is 1. The third kappa shape index (κ3) is 4.76. The van der Waals surface area contributed by atoms with Crippen LogP contribution in [0.15, 0.2) is 46.9 Å². The highest BCUT2D eigenvalue weighted by atomic mass is 79.9. The summed E-state index contributed by atoms with van der Waals surface area (Å²) in [6, 6.07) is 12.9. The van der Waals surface area contributed by atoms with Crippen LogP contribution in [0.4, 0.5) is 5.69 Å². The van der Waals surface area contributed by atoms with Crippen LogP contribution in [0.3, 0.4) is 0 Å². The second-order valence-electron chi connectivity index (χ2n) is 4.52. The van der Waals surface area contributed by atoms with E-state index >= 15 is 0 Å². The highest BCUT2D eigenvalue weighted by Gasteiger charge is 2.05. The molecular formula is C16H15BrClNO2. The first-order valence-electron chi connectivity index (χ1n) is 6.46. The van der Waals surface area contributed by atoms with Crippen molar-refractivity contribution < 1.29 is 9.53 Å². The van der Waals surface area contributed by atoms with Crippen molar-refractivity contribution in [2.24, 2.45) is 0 Å². The number of ether oxygens (including phenoxy) is 1. The first-order chi connectivity index (χ1) is 10.1. The predicted octanol–water partition coefficient (Wildman–Crippen LogP) is 4.68. The molecule has 0 radical (unpaired) electrons. The molecule has 1 N–H and O–H groups in total. The summed E-state index contributed by atoms with van der Waals surface area (Å²) in [5.41, 5.74) is 1.83. The van der Waals surface area contributed by atoms with Crippen molar-refractivity contribution in [3.8, 4) is 5.75 Å². The Kier molecular flexibility index (Phi) is 5.65. The highest BCUT2D eigenvalue weighted by molar-refractivity contribution is 9.10. The Hall–Kier alpha value is -1.52. The van der Waals surface area contributed by atoms with Crippen LogP contribution in [-0.2, 0) is 11.2 Å². The lowest BCUT2D eigenvalue weighted by Gasteiger charge is -2.07. The maximum atomic E-state index is 11.9. The molecule has 0 aliphatic carbocycles. The van der Waals surface area contributed by atoms with Gasteiger partial charge >= 0.3 is 0 Å². The zero-order chi connectivity index (χ0) is 15.2. The van der Waals surface area contributed by atoms with E-state index in [0.717, 1.165) is 21.5 Å². The minimum absolute atomic E-state index is 0.0238. The van der Waals surface area contributed by atoms with Crippen molar-refractivity contribution in [3.05, 3.63) is 57.5 Å². The molecule has 110 valence electrons. The Labute approximate surface area is 137 Å². The molecule has 0 aliphatic heterocycles. The molecule has 0 saturated carbocycles. The molecule has 2 aromatic rings. The first-order valence-corrected chi connectivity index (χ1v) is 7.63. The van der Waals surface area contributed by atoms with Crippen LogP contribution in [0, 0.1) is 0 Å². The number of methoxy groups -OCH3 is 1. The summed E-state index contributed by atoms with van der Waals surface area (Å²) < 4.78 is 6.07. The Morgan fingerprint density at radius 1 is 1.24 bits per heavy atom. The van der Waals surface area contributed by atoms with Crippen LogP contribution in [0.25, 0.3) is 0 Å².